The van der Waals surface area contributed by atoms with E-state index in [0.29, 0.717) is 35.2 Å². The van der Waals surface area contributed by atoms with Gasteiger partial charge in [-0.1, -0.05) is 0 Å². The van der Waals surface area contributed by atoms with Gasteiger partial charge in [-0.3, -0.25) is 14.8 Å². The smallest absolute Gasteiger partial charge is 0.238 e. The Balaban J connectivity index is 1.55. The van der Waals surface area contributed by atoms with Gasteiger partial charge in [-0.05, 0) is 41.7 Å². The summed E-state index contributed by atoms with van der Waals surface area (Å²) < 4.78 is 64.5. The van der Waals surface area contributed by atoms with E-state index in [4.69, 9.17) is 9.47 Å². The van der Waals surface area contributed by atoms with Crippen LogP contribution in [0.15, 0.2) is 36.8 Å². The summed E-state index contributed by atoms with van der Waals surface area (Å²) in [6.45, 7) is 0.00904. The highest BCUT2D eigenvalue weighted by Gasteiger charge is 2.57. The number of ether oxygens (including phenoxy) is 2. The number of benzene rings is 1. The Bertz CT molecular complexity index is 1420. The maximum Gasteiger partial charge on any atom is 0.238 e. The average molecular weight is 517 g/mol. The average Bonchev–Trinajstić information content (AvgIpc) is 3.68. The number of nitrogens with one attached hydrogen (secondary N) is 1. The quantitative estimate of drug-likeness (QED) is 0.465. The van der Waals surface area contributed by atoms with Crippen LogP contribution in [0.3, 0.4) is 0 Å². The minimum Gasteiger partial charge on any atom is -0.493 e. The highest BCUT2D eigenvalue weighted by Crippen LogP contribution is 2.55. The van der Waals surface area contributed by atoms with E-state index in [9.17, 15) is 13.2 Å². The third-order valence-corrected chi connectivity index (χ3v) is 6.97. The number of pyridine rings is 2. The molecule has 3 aromatic rings. The number of aromatic nitrogens is 2. The minimum atomic E-state index is -2.74. The standard InChI is InChI=1S/C24H22F2N4O5S/c1-34-18-7-19(35-2)21(26)22(20(18)25)30-12-15-11-28-17(6-16(15)24(3-4-24)23(30)31)14-5-13(8-27-10-14)9-29-36(32)33/h5-8,10-11,36H,3-4,9,12H2,1-2H3,(H,29,32,33). The molecule has 2 aliphatic rings. The van der Waals surface area contributed by atoms with Crippen LogP contribution in [0, 0.1) is 11.6 Å². The second-order valence-electron chi connectivity index (χ2n) is 8.63. The normalized spacial score (nSPS) is 15.8. The second kappa shape index (κ2) is 9.10. The number of anilines is 1. The van der Waals surface area contributed by atoms with Gasteiger partial charge in [0.05, 0.1) is 31.9 Å². The van der Waals surface area contributed by atoms with Gasteiger partial charge in [0.1, 0.15) is 5.69 Å². The molecule has 1 amide bonds. The van der Waals surface area contributed by atoms with E-state index in [1.54, 1.807) is 30.7 Å². The molecule has 3 heterocycles. The Morgan fingerprint density at radius 3 is 2.36 bits per heavy atom. The Kier molecular flexibility index (Phi) is 6.08. The molecule has 36 heavy (non-hydrogen) atoms. The molecule has 1 aromatic carbocycles. The fraction of sp³-hybridized carbons (Fsp3) is 0.292. The van der Waals surface area contributed by atoms with Gasteiger partial charge in [-0.2, -0.15) is 0 Å². The molecule has 1 N–H and O–H groups in total. The van der Waals surface area contributed by atoms with Crippen molar-refractivity contribution < 1.29 is 31.5 Å². The van der Waals surface area contributed by atoms with Gasteiger partial charge in [0, 0.05) is 36.8 Å². The molecule has 0 atom stereocenters. The number of amides is 1. The molecule has 0 bridgehead atoms. The number of rotatable bonds is 7. The Hall–Kier alpha value is -3.64. The number of hydrogen-bond acceptors (Lipinski definition) is 7. The lowest BCUT2D eigenvalue weighted by atomic mass is 9.86. The number of halogens is 2. The van der Waals surface area contributed by atoms with Gasteiger partial charge >= 0.3 is 0 Å². The van der Waals surface area contributed by atoms with Gasteiger partial charge in [0.15, 0.2) is 23.1 Å². The van der Waals surface area contributed by atoms with Crippen molar-refractivity contribution in [2.24, 2.45) is 0 Å². The number of thiol groups is 1. The summed E-state index contributed by atoms with van der Waals surface area (Å²) in [5.41, 5.74) is 1.86. The first kappa shape index (κ1) is 24.1. The van der Waals surface area contributed by atoms with E-state index in [1.165, 1.54) is 14.2 Å². The fourth-order valence-electron chi connectivity index (χ4n) is 4.61. The predicted octanol–water partition coefficient (Wildman–Crippen LogP) is 2.63. The summed E-state index contributed by atoms with van der Waals surface area (Å²) >= 11 is 0. The van der Waals surface area contributed by atoms with Crippen molar-refractivity contribution in [1.29, 1.82) is 0 Å². The lowest BCUT2D eigenvalue weighted by molar-refractivity contribution is -0.121. The number of methoxy groups -OCH3 is 2. The van der Waals surface area contributed by atoms with Crippen LogP contribution in [0.25, 0.3) is 11.3 Å². The zero-order chi connectivity index (χ0) is 25.6. The van der Waals surface area contributed by atoms with E-state index in [-0.39, 0.29) is 24.6 Å². The molecule has 9 nitrogen and oxygen atoms in total. The van der Waals surface area contributed by atoms with Crippen LogP contribution in [0.1, 0.15) is 29.5 Å². The lowest BCUT2D eigenvalue weighted by Gasteiger charge is -2.35. The van der Waals surface area contributed by atoms with E-state index in [0.717, 1.165) is 16.5 Å². The molecule has 2 aromatic heterocycles. The van der Waals surface area contributed by atoms with Crippen molar-refractivity contribution in [2.75, 3.05) is 19.1 Å². The molecule has 0 radical (unpaired) electrons. The van der Waals surface area contributed by atoms with Crippen LogP contribution in [-0.4, -0.2) is 38.5 Å². The molecular formula is C24H22F2N4O5S. The maximum absolute atomic E-state index is 15.2. The van der Waals surface area contributed by atoms with Crippen molar-refractivity contribution in [3.8, 4) is 22.8 Å². The van der Waals surface area contributed by atoms with E-state index in [1.807, 2.05) is 0 Å². The number of carbonyl (C=O) groups excluding carboxylic acids is 1. The number of fused-ring (bicyclic) bond motifs is 2. The largest absolute Gasteiger partial charge is 0.493 e. The van der Waals surface area contributed by atoms with Gasteiger partial charge in [-0.15, -0.1) is 0 Å². The Labute approximate surface area is 207 Å². The van der Waals surface area contributed by atoms with Gasteiger partial charge < -0.3 is 14.4 Å². The molecule has 1 aliphatic heterocycles. The molecule has 12 heteroatoms. The minimum absolute atomic E-state index is 0.0773. The van der Waals surface area contributed by atoms with E-state index < -0.39 is 39.5 Å². The van der Waals surface area contributed by atoms with Gasteiger partial charge in [0.25, 0.3) is 0 Å². The van der Waals surface area contributed by atoms with Crippen molar-refractivity contribution in [2.45, 2.75) is 31.3 Å². The van der Waals surface area contributed by atoms with Crippen LogP contribution in [0.4, 0.5) is 14.5 Å². The SMILES string of the molecule is COc1cc(OC)c(F)c(N2Cc3cnc(-c4cncc(CN[SH](=O)=O)c4)cc3C3(CC3)C2=O)c1F. The summed E-state index contributed by atoms with van der Waals surface area (Å²) in [7, 11) is -0.242. The highest BCUT2D eigenvalue weighted by atomic mass is 32.2. The van der Waals surface area contributed by atoms with Crippen LogP contribution < -0.4 is 19.1 Å². The lowest BCUT2D eigenvalue weighted by Crippen LogP contribution is -2.45. The van der Waals surface area contributed by atoms with Crippen LogP contribution in [-0.2, 0) is 34.2 Å². The third kappa shape index (κ3) is 3.95. The maximum atomic E-state index is 15.2. The first-order valence-electron chi connectivity index (χ1n) is 11.0. The molecule has 5 rings (SSSR count). The molecule has 0 saturated heterocycles. The number of nitrogens with zero attached hydrogens (tertiary/aromatic N) is 3. The number of carbonyl (C=O) groups is 1. The zero-order valence-corrected chi connectivity index (χ0v) is 20.3. The fourth-order valence-corrected chi connectivity index (χ4v) is 4.92. The third-order valence-electron chi connectivity index (χ3n) is 6.56. The molecule has 1 spiro atoms. The van der Waals surface area contributed by atoms with Crippen molar-refractivity contribution in [3.05, 3.63) is 65.1 Å². The van der Waals surface area contributed by atoms with Crippen molar-refractivity contribution in [3.63, 3.8) is 0 Å². The molecule has 1 aliphatic carbocycles. The zero-order valence-electron chi connectivity index (χ0n) is 19.4. The summed E-state index contributed by atoms with van der Waals surface area (Å²) in [5, 5.41) is 0. The first-order chi connectivity index (χ1) is 17.3. The summed E-state index contributed by atoms with van der Waals surface area (Å²) in [6.07, 6.45) is 5.79. The Morgan fingerprint density at radius 1 is 1.06 bits per heavy atom. The van der Waals surface area contributed by atoms with E-state index >= 15 is 8.78 Å². The van der Waals surface area contributed by atoms with Crippen molar-refractivity contribution in [1.82, 2.24) is 14.7 Å². The molecule has 188 valence electrons. The van der Waals surface area contributed by atoms with Crippen molar-refractivity contribution >= 4 is 22.5 Å². The van der Waals surface area contributed by atoms with Crippen LogP contribution >= 0.6 is 0 Å². The number of hydrogen-bond donors (Lipinski definition) is 2. The first-order valence-corrected chi connectivity index (χ1v) is 12.2. The van der Waals surface area contributed by atoms with Crippen LogP contribution in [0.5, 0.6) is 11.5 Å². The topological polar surface area (TPSA) is 111 Å². The summed E-state index contributed by atoms with van der Waals surface area (Å²) in [5.74, 6) is -2.84. The summed E-state index contributed by atoms with van der Waals surface area (Å²) in [6, 6.07) is 4.67. The molecule has 1 saturated carbocycles. The van der Waals surface area contributed by atoms with E-state index in [2.05, 4.69) is 14.7 Å². The monoisotopic (exact) mass is 516 g/mol. The molecule has 1 fully saturated rings. The summed E-state index contributed by atoms with van der Waals surface area (Å²) in [4.78, 5) is 23.4. The second-order valence-corrected chi connectivity index (χ2v) is 9.46. The van der Waals surface area contributed by atoms with Gasteiger partial charge in [-0.25, -0.2) is 21.9 Å². The Morgan fingerprint density at radius 2 is 1.75 bits per heavy atom. The van der Waals surface area contributed by atoms with Gasteiger partial charge in [0.2, 0.25) is 16.8 Å². The molecule has 0 unspecified atom stereocenters. The predicted molar refractivity (Wildman–Crippen MR) is 126 cm³/mol. The van der Waals surface area contributed by atoms with Crippen LogP contribution in [0.2, 0.25) is 0 Å². The highest BCUT2D eigenvalue weighted by molar-refractivity contribution is 7.70. The molecular weight excluding hydrogens is 494 g/mol.